The molecule has 17 heavy (non-hydrogen) atoms. The van der Waals surface area contributed by atoms with E-state index in [1.165, 1.54) is 12.8 Å². The van der Waals surface area contributed by atoms with E-state index in [0.717, 1.165) is 12.4 Å². The summed E-state index contributed by atoms with van der Waals surface area (Å²) in [5.74, 6) is 2.03. The highest BCUT2D eigenvalue weighted by Crippen LogP contribution is 2.39. The van der Waals surface area contributed by atoms with Crippen molar-refractivity contribution >= 4 is 16.8 Å². The van der Waals surface area contributed by atoms with E-state index in [2.05, 4.69) is 15.0 Å². The van der Waals surface area contributed by atoms with Crippen LogP contribution in [0.5, 0.6) is 0 Å². The SMILES string of the molecule is CC1(C)CN(c2nc(C3CC3)no2)CCS1=O. The van der Waals surface area contributed by atoms with Crippen molar-refractivity contribution < 1.29 is 8.73 Å². The van der Waals surface area contributed by atoms with Crippen LogP contribution in [0.25, 0.3) is 0 Å². The third-order valence-corrected chi connectivity index (χ3v) is 5.29. The lowest BCUT2D eigenvalue weighted by Gasteiger charge is -2.35. The number of nitrogens with zero attached hydrogens (tertiary/aromatic N) is 3. The van der Waals surface area contributed by atoms with Crippen LogP contribution in [-0.2, 0) is 10.8 Å². The molecule has 1 unspecified atom stereocenters. The lowest BCUT2D eigenvalue weighted by Crippen LogP contribution is -2.50. The van der Waals surface area contributed by atoms with Gasteiger partial charge in [0.2, 0.25) is 0 Å². The molecule has 0 spiro atoms. The molecule has 1 aromatic rings. The van der Waals surface area contributed by atoms with E-state index in [1.807, 2.05) is 13.8 Å². The fourth-order valence-electron chi connectivity index (χ4n) is 2.11. The highest BCUT2D eigenvalue weighted by Gasteiger charge is 2.36. The molecule has 1 aliphatic heterocycles. The first-order valence-electron chi connectivity index (χ1n) is 6.03. The van der Waals surface area contributed by atoms with Crippen molar-refractivity contribution in [2.24, 2.45) is 0 Å². The molecule has 0 bridgehead atoms. The summed E-state index contributed by atoms with van der Waals surface area (Å²) in [7, 11) is -0.766. The van der Waals surface area contributed by atoms with E-state index >= 15 is 0 Å². The Morgan fingerprint density at radius 2 is 2.24 bits per heavy atom. The first kappa shape index (κ1) is 11.2. The molecule has 0 aromatic carbocycles. The Morgan fingerprint density at radius 3 is 2.88 bits per heavy atom. The second-order valence-corrected chi connectivity index (χ2v) is 7.64. The molecule has 1 atom stereocenters. The molecule has 1 aliphatic carbocycles. The van der Waals surface area contributed by atoms with Gasteiger partial charge in [0.25, 0.3) is 0 Å². The second-order valence-electron chi connectivity index (χ2n) is 5.44. The average Bonchev–Trinajstić information content (AvgIpc) is 3.01. The van der Waals surface area contributed by atoms with Crippen molar-refractivity contribution in [2.75, 3.05) is 23.7 Å². The van der Waals surface area contributed by atoms with Gasteiger partial charge < -0.3 is 9.42 Å². The maximum Gasteiger partial charge on any atom is 0.324 e. The van der Waals surface area contributed by atoms with Crippen LogP contribution in [0, 0.1) is 0 Å². The Bertz CT molecular complexity index is 453. The maximum atomic E-state index is 11.8. The van der Waals surface area contributed by atoms with E-state index in [-0.39, 0.29) is 4.75 Å². The number of hydrogen-bond acceptors (Lipinski definition) is 5. The largest absolute Gasteiger partial charge is 0.324 e. The summed E-state index contributed by atoms with van der Waals surface area (Å²) in [5.41, 5.74) is 0. The normalized spacial score (nSPS) is 28.4. The molecule has 0 radical (unpaired) electrons. The number of anilines is 1. The van der Waals surface area contributed by atoms with Gasteiger partial charge in [-0.3, -0.25) is 4.21 Å². The zero-order valence-corrected chi connectivity index (χ0v) is 11.0. The average molecular weight is 255 g/mol. The Hall–Kier alpha value is -0.910. The van der Waals surface area contributed by atoms with Crippen LogP contribution in [0.1, 0.15) is 38.4 Å². The molecular weight excluding hydrogens is 238 g/mol. The minimum Gasteiger partial charge on any atom is -0.322 e. The monoisotopic (exact) mass is 255 g/mol. The molecule has 2 heterocycles. The van der Waals surface area contributed by atoms with Crippen molar-refractivity contribution in [3.05, 3.63) is 5.82 Å². The van der Waals surface area contributed by atoms with Crippen LogP contribution >= 0.6 is 0 Å². The van der Waals surface area contributed by atoms with Gasteiger partial charge in [0.15, 0.2) is 5.82 Å². The molecular formula is C11H17N3O2S. The van der Waals surface area contributed by atoms with E-state index < -0.39 is 10.8 Å². The quantitative estimate of drug-likeness (QED) is 0.797. The molecule has 2 fully saturated rings. The predicted molar refractivity (Wildman–Crippen MR) is 65.6 cm³/mol. The Kier molecular flexibility index (Phi) is 2.50. The minimum atomic E-state index is -0.766. The van der Waals surface area contributed by atoms with E-state index in [0.29, 0.717) is 24.2 Å². The summed E-state index contributed by atoms with van der Waals surface area (Å²) < 4.78 is 16.9. The first-order chi connectivity index (χ1) is 8.06. The Morgan fingerprint density at radius 1 is 1.47 bits per heavy atom. The summed E-state index contributed by atoms with van der Waals surface area (Å²) in [5, 5.41) is 4.02. The van der Waals surface area contributed by atoms with Crippen LogP contribution in [0.3, 0.4) is 0 Å². The van der Waals surface area contributed by atoms with Crippen molar-refractivity contribution in [1.29, 1.82) is 0 Å². The van der Waals surface area contributed by atoms with Crippen LogP contribution in [0.15, 0.2) is 4.52 Å². The molecule has 1 aromatic heterocycles. The van der Waals surface area contributed by atoms with Gasteiger partial charge in [-0.2, -0.15) is 4.98 Å². The van der Waals surface area contributed by atoms with Crippen LogP contribution in [0.4, 0.5) is 6.01 Å². The molecule has 1 saturated carbocycles. The fourth-order valence-corrected chi connectivity index (χ4v) is 3.34. The fraction of sp³-hybridized carbons (Fsp3) is 0.818. The molecule has 5 nitrogen and oxygen atoms in total. The maximum absolute atomic E-state index is 11.8. The van der Waals surface area contributed by atoms with Gasteiger partial charge >= 0.3 is 6.01 Å². The first-order valence-corrected chi connectivity index (χ1v) is 7.35. The molecule has 1 saturated heterocycles. The van der Waals surface area contributed by atoms with Crippen LogP contribution in [0.2, 0.25) is 0 Å². The van der Waals surface area contributed by atoms with Gasteiger partial charge in [0, 0.05) is 35.6 Å². The number of aromatic nitrogens is 2. The topological polar surface area (TPSA) is 59.2 Å². The summed E-state index contributed by atoms with van der Waals surface area (Å²) in [6, 6.07) is 0.594. The highest BCUT2D eigenvalue weighted by atomic mass is 32.2. The van der Waals surface area contributed by atoms with Gasteiger partial charge in [-0.05, 0) is 26.7 Å². The van der Waals surface area contributed by atoms with E-state index in [4.69, 9.17) is 4.52 Å². The zero-order valence-electron chi connectivity index (χ0n) is 10.2. The molecule has 0 amide bonds. The molecule has 3 rings (SSSR count). The highest BCUT2D eigenvalue weighted by molar-refractivity contribution is 7.86. The van der Waals surface area contributed by atoms with Crippen molar-refractivity contribution in [2.45, 2.75) is 37.4 Å². The summed E-state index contributed by atoms with van der Waals surface area (Å²) in [6.45, 7) is 5.50. The van der Waals surface area contributed by atoms with E-state index in [1.54, 1.807) is 0 Å². The van der Waals surface area contributed by atoms with Crippen molar-refractivity contribution in [3.8, 4) is 0 Å². The van der Waals surface area contributed by atoms with Gasteiger partial charge in [-0.25, -0.2) is 0 Å². The molecule has 2 aliphatic rings. The van der Waals surface area contributed by atoms with Crippen molar-refractivity contribution in [3.63, 3.8) is 0 Å². The third-order valence-electron chi connectivity index (χ3n) is 3.38. The lowest BCUT2D eigenvalue weighted by atomic mass is 10.2. The summed E-state index contributed by atoms with van der Waals surface area (Å²) >= 11 is 0. The summed E-state index contributed by atoms with van der Waals surface area (Å²) in [4.78, 5) is 6.49. The smallest absolute Gasteiger partial charge is 0.322 e. The van der Waals surface area contributed by atoms with Gasteiger partial charge in [0.05, 0.1) is 4.75 Å². The molecule has 0 N–H and O–H groups in total. The second kappa shape index (κ2) is 3.80. The zero-order chi connectivity index (χ0) is 12.0. The third kappa shape index (κ3) is 2.10. The Labute approximate surface area is 103 Å². The number of rotatable bonds is 2. The standard InChI is InChI=1S/C11H17N3O2S/c1-11(2)7-14(5-6-17(11)15)10-12-9(13-16-10)8-3-4-8/h8H,3-7H2,1-2H3. The lowest BCUT2D eigenvalue weighted by molar-refractivity contribution is 0.401. The van der Waals surface area contributed by atoms with Gasteiger partial charge in [-0.15, -0.1) is 0 Å². The minimum absolute atomic E-state index is 0.202. The predicted octanol–water partition coefficient (Wildman–Crippen LogP) is 1.29. The van der Waals surface area contributed by atoms with Gasteiger partial charge in [0.1, 0.15) is 0 Å². The van der Waals surface area contributed by atoms with Crippen molar-refractivity contribution in [1.82, 2.24) is 10.1 Å². The molecule has 94 valence electrons. The summed E-state index contributed by atoms with van der Waals surface area (Å²) in [6.07, 6.45) is 2.35. The van der Waals surface area contributed by atoms with Crippen LogP contribution in [-0.4, -0.2) is 37.9 Å². The molecule has 6 heteroatoms. The van der Waals surface area contributed by atoms with Gasteiger partial charge in [-0.1, -0.05) is 5.16 Å². The number of hydrogen-bond donors (Lipinski definition) is 0. The Balaban J connectivity index is 1.77. The van der Waals surface area contributed by atoms with E-state index in [9.17, 15) is 4.21 Å². The van der Waals surface area contributed by atoms with Crippen LogP contribution < -0.4 is 4.90 Å².